The van der Waals surface area contributed by atoms with E-state index in [-0.39, 0.29) is 5.78 Å². The van der Waals surface area contributed by atoms with Crippen molar-refractivity contribution >= 4 is 16.2 Å². The van der Waals surface area contributed by atoms with E-state index in [0.29, 0.717) is 6.42 Å². The Bertz CT molecular complexity index is 297. The van der Waals surface area contributed by atoms with E-state index in [4.69, 9.17) is 4.55 Å². The molecule has 0 atom stereocenters. The van der Waals surface area contributed by atoms with Crippen LogP contribution >= 0.6 is 0 Å². The lowest BCUT2D eigenvalue weighted by atomic mass is 10.1. The summed E-state index contributed by atoms with van der Waals surface area (Å²) in [5, 5.41) is 0. The SMILES string of the molecule is CCCCCCCCCC(=O)COS(=O)(=O)O. The molecule has 0 fully saturated rings. The van der Waals surface area contributed by atoms with Gasteiger partial charge in [0.1, 0.15) is 6.61 Å². The fourth-order valence-electron chi connectivity index (χ4n) is 1.49. The van der Waals surface area contributed by atoms with Gasteiger partial charge in [0, 0.05) is 6.42 Å². The van der Waals surface area contributed by atoms with Crippen LogP contribution in [-0.4, -0.2) is 25.4 Å². The number of carbonyl (C=O) groups excluding carboxylic acids is 1. The highest BCUT2D eigenvalue weighted by Crippen LogP contribution is 2.08. The van der Waals surface area contributed by atoms with E-state index in [1.807, 2.05) is 0 Å². The molecule has 0 aliphatic rings. The first kappa shape index (κ1) is 16.5. The molecule has 0 aliphatic carbocycles. The summed E-state index contributed by atoms with van der Waals surface area (Å²) in [6.45, 7) is 1.60. The minimum absolute atomic E-state index is 0.295. The van der Waals surface area contributed by atoms with E-state index in [9.17, 15) is 13.2 Å². The standard InChI is InChI=1S/C11H22O5S/c1-2-3-4-5-6-7-8-9-11(12)10-16-17(13,14)15/h2-10H2,1H3,(H,13,14,15). The van der Waals surface area contributed by atoms with Crippen LogP contribution in [0.3, 0.4) is 0 Å². The minimum atomic E-state index is -4.49. The monoisotopic (exact) mass is 266 g/mol. The minimum Gasteiger partial charge on any atom is -0.297 e. The highest BCUT2D eigenvalue weighted by molar-refractivity contribution is 7.80. The summed E-state index contributed by atoms with van der Waals surface area (Å²) in [5.74, 6) is -0.295. The van der Waals surface area contributed by atoms with Crippen LogP contribution in [0.5, 0.6) is 0 Å². The Labute approximate surface area is 104 Å². The van der Waals surface area contributed by atoms with Crippen molar-refractivity contribution in [2.24, 2.45) is 0 Å². The first-order valence-corrected chi connectivity index (χ1v) is 7.45. The molecule has 0 aromatic carbocycles. The molecule has 0 bridgehead atoms. The molecule has 0 radical (unpaired) electrons. The van der Waals surface area contributed by atoms with Gasteiger partial charge < -0.3 is 0 Å². The molecule has 0 aliphatic heterocycles. The summed E-state index contributed by atoms with van der Waals surface area (Å²) in [7, 11) is -4.49. The fraction of sp³-hybridized carbons (Fsp3) is 0.909. The van der Waals surface area contributed by atoms with Gasteiger partial charge in [0.2, 0.25) is 0 Å². The third kappa shape index (κ3) is 13.5. The lowest BCUT2D eigenvalue weighted by Crippen LogP contribution is -2.13. The first-order chi connectivity index (χ1) is 7.95. The molecule has 102 valence electrons. The third-order valence-electron chi connectivity index (χ3n) is 2.43. The van der Waals surface area contributed by atoms with E-state index >= 15 is 0 Å². The maximum atomic E-state index is 11.1. The summed E-state index contributed by atoms with van der Waals surface area (Å²) in [4.78, 5) is 11.1. The van der Waals surface area contributed by atoms with Gasteiger partial charge in [-0.15, -0.1) is 0 Å². The molecule has 0 unspecified atom stereocenters. The average molecular weight is 266 g/mol. The van der Waals surface area contributed by atoms with Crippen molar-refractivity contribution in [2.75, 3.05) is 6.61 Å². The van der Waals surface area contributed by atoms with Crippen LogP contribution in [0.15, 0.2) is 0 Å². The van der Waals surface area contributed by atoms with Crippen LogP contribution in [0.2, 0.25) is 0 Å². The van der Waals surface area contributed by atoms with Gasteiger partial charge in [0.15, 0.2) is 5.78 Å². The van der Waals surface area contributed by atoms with Gasteiger partial charge in [-0.2, -0.15) is 8.42 Å². The molecule has 0 saturated carbocycles. The smallest absolute Gasteiger partial charge is 0.297 e. The second-order valence-electron chi connectivity index (χ2n) is 4.10. The van der Waals surface area contributed by atoms with E-state index in [1.54, 1.807) is 0 Å². The van der Waals surface area contributed by atoms with Gasteiger partial charge in [-0.1, -0.05) is 45.4 Å². The van der Waals surface area contributed by atoms with Crippen LogP contribution in [0.25, 0.3) is 0 Å². The fourth-order valence-corrected chi connectivity index (χ4v) is 1.77. The second kappa shape index (κ2) is 9.56. The Morgan fingerprint density at radius 2 is 1.59 bits per heavy atom. The van der Waals surface area contributed by atoms with Crippen molar-refractivity contribution in [1.29, 1.82) is 0 Å². The topological polar surface area (TPSA) is 80.7 Å². The Hall–Kier alpha value is -0.460. The number of rotatable bonds is 11. The summed E-state index contributed by atoms with van der Waals surface area (Å²) in [6.07, 6.45) is 8.02. The Morgan fingerprint density at radius 3 is 2.12 bits per heavy atom. The van der Waals surface area contributed by atoms with Gasteiger partial charge in [-0.05, 0) is 6.42 Å². The van der Waals surface area contributed by atoms with Crippen molar-refractivity contribution in [1.82, 2.24) is 0 Å². The number of Topliss-reactive ketones (excluding diaryl/α,β-unsaturated/α-hetero) is 1. The van der Waals surface area contributed by atoms with Crippen LogP contribution in [0.4, 0.5) is 0 Å². The number of unbranched alkanes of at least 4 members (excludes halogenated alkanes) is 6. The molecule has 0 aromatic heterocycles. The summed E-state index contributed by atoms with van der Waals surface area (Å²) in [5.41, 5.74) is 0. The summed E-state index contributed by atoms with van der Waals surface area (Å²) < 4.78 is 32.6. The van der Waals surface area contributed by atoms with Gasteiger partial charge in [0.25, 0.3) is 0 Å². The van der Waals surface area contributed by atoms with E-state index in [0.717, 1.165) is 19.3 Å². The van der Waals surface area contributed by atoms with Crippen LogP contribution in [0, 0.1) is 0 Å². The van der Waals surface area contributed by atoms with E-state index in [2.05, 4.69) is 11.1 Å². The van der Waals surface area contributed by atoms with Gasteiger partial charge in [-0.3, -0.25) is 9.35 Å². The lowest BCUT2D eigenvalue weighted by molar-refractivity contribution is -0.121. The normalized spacial score (nSPS) is 11.6. The molecule has 0 rings (SSSR count). The van der Waals surface area contributed by atoms with E-state index < -0.39 is 17.0 Å². The molecule has 1 N–H and O–H groups in total. The second-order valence-corrected chi connectivity index (χ2v) is 5.19. The number of ketones is 1. The maximum absolute atomic E-state index is 11.1. The van der Waals surface area contributed by atoms with Crippen molar-refractivity contribution < 1.29 is 21.9 Å². The molecule has 6 heteroatoms. The molecule has 0 spiro atoms. The van der Waals surface area contributed by atoms with Crippen molar-refractivity contribution in [3.8, 4) is 0 Å². The van der Waals surface area contributed by atoms with Crippen molar-refractivity contribution in [2.45, 2.75) is 58.3 Å². The zero-order valence-electron chi connectivity index (χ0n) is 10.4. The van der Waals surface area contributed by atoms with Gasteiger partial charge >= 0.3 is 10.4 Å². The van der Waals surface area contributed by atoms with Crippen LogP contribution in [0.1, 0.15) is 58.3 Å². The molecule has 17 heavy (non-hydrogen) atoms. The number of carbonyl (C=O) groups is 1. The highest BCUT2D eigenvalue weighted by Gasteiger charge is 2.09. The lowest BCUT2D eigenvalue weighted by Gasteiger charge is -2.01. The molecule has 0 saturated heterocycles. The van der Waals surface area contributed by atoms with Crippen LogP contribution in [-0.2, 0) is 19.4 Å². The molecule has 0 aromatic rings. The Kier molecular flexibility index (Phi) is 9.30. The number of hydrogen-bond acceptors (Lipinski definition) is 4. The van der Waals surface area contributed by atoms with Gasteiger partial charge in [-0.25, -0.2) is 4.18 Å². The van der Waals surface area contributed by atoms with Gasteiger partial charge in [0.05, 0.1) is 0 Å². The van der Waals surface area contributed by atoms with E-state index in [1.165, 1.54) is 25.7 Å². The molecular formula is C11H22O5S. The molecule has 0 amide bonds. The summed E-state index contributed by atoms with van der Waals surface area (Å²) >= 11 is 0. The maximum Gasteiger partial charge on any atom is 0.397 e. The van der Waals surface area contributed by atoms with Crippen molar-refractivity contribution in [3.05, 3.63) is 0 Å². The predicted octanol–water partition coefficient (Wildman–Crippen LogP) is 2.52. The predicted molar refractivity (Wildman–Crippen MR) is 65.1 cm³/mol. The highest BCUT2D eigenvalue weighted by atomic mass is 32.3. The number of hydrogen-bond donors (Lipinski definition) is 1. The average Bonchev–Trinajstić information content (AvgIpc) is 2.24. The van der Waals surface area contributed by atoms with Crippen LogP contribution < -0.4 is 0 Å². The molecule has 5 nitrogen and oxygen atoms in total. The summed E-state index contributed by atoms with van der Waals surface area (Å²) in [6, 6.07) is 0. The first-order valence-electron chi connectivity index (χ1n) is 6.09. The Balaban J connectivity index is 3.34. The quantitative estimate of drug-likeness (QED) is 0.459. The zero-order valence-corrected chi connectivity index (χ0v) is 11.2. The molecular weight excluding hydrogens is 244 g/mol. The Morgan fingerprint density at radius 1 is 1.06 bits per heavy atom. The molecule has 0 heterocycles. The zero-order chi connectivity index (χ0) is 13.1. The van der Waals surface area contributed by atoms with Crippen molar-refractivity contribution in [3.63, 3.8) is 0 Å². The third-order valence-corrected chi connectivity index (χ3v) is 2.84. The largest absolute Gasteiger partial charge is 0.397 e.